The molecule has 2 aromatic carbocycles. The van der Waals surface area contributed by atoms with Gasteiger partial charge in [0.1, 0.15) is 15.3 Å². The van der Waals surface area contributed by atoms with Crippen LogP contribution in [0.5, 0.6) is 0 Å². The number of fused-ring (bicyclic) bond motifs is 2. The van der Waals surface area contributed by atoms with Crippen LogP contribution in [0.15, 0.2) is 76.2 Å². The molecule has 7 nitrogen and oxygen atoms in total. The van der Waals surface area contributed by atoms with Gasteiger partial charge in [-0.2, -0.15) is 0 Å². The van der Waals surface area contributed by atoms with E-state index in [1.807, 2.05) is 48.5 Å². The van der Waals surface area contributed by atoms with Crippen LogP contribution >= 0.6 is 11.3 Å². The van der Waals surface area contributed by atoms with Crippen LogP contribution in [0.1, 0.15) is 31.4 Å². The van der Waals surface area contributed by atoms with Gasteiger partial charge in [-0.15, -0.1) is 11.3 Å². The highest BCUT2D eigenvalue weighted by molar-refractivity contribution is 7.20. The van der Waals surface area contributed by atoms with Gasteiger partial charge in [-0.1, -0.05) is 48.5 Å². The van der Waals surface area contributed by atoms with Crippen LogP contribution in [0.2, 0.25) is 0 Å². The average Bonchev–Trinajstić information content (AvgIpc) is 3.43. The summed E-state index contributed by atoms with van der Waals surface area (Å²) in [5, 5.41) is 1.13. The largest absolute Gasteiger partial charge is 0.461 e. The van der Waals surface area contributed by atoms with Gasteiger partial charge in [0, 0.05) is 11.8 Å². The van der Waals surface area contributed by atoms with Crippen molar-refractivity contribution in [2.45, 2.75) is 19.9 Å². The third-order valence-corrected chi connectivity index (χ3v) is 6.76. The van der Waals surface area contributed by atoms with Gasteiger partial charge in [0.2, 0.25) is 5.78 Å². The first-order chi connectivity index (χ1) is 16.5. The highest BCUT2D eigenvalue weighted by atomic mass is 32.1. The van der Waals surface area contributed by atoms with Gasteiger partial charge in [-0.3, -0.25) is 14.2 Å². The zero-order valence-corrected chi connectivity index (χ0v) is 19.1. The number of aryl methyl sites for hydroxylation is 1. The van der Waals surface area contributed by atoms with E-state index in [4.69, 9.17) is 9.15 Å². The predicted octanol–water partition coefficient (Wildman–Crippen LogP) is 4.80. The summed E-state index contributed by atoms with van der Waals surface area (Å²) >= 11 is 1.12. The molecule has 170 valence electrons. The molecular formula is C26H20N2O5S. The molecule has 0 bridgehead atoms. The number of benzene rings is 2. The minimum atomic E-state index is -0.485. The zero-order chi connectivity index (χ0) is 23.7. The fraction of sp³-hybridized carbons (Fsp3) is 0.154. The van der Waals surface area contributed by atoms with E-state index >= 15 is 0 Å². The van der Waals surface area contributed by atoms with Crippen molar-refractivity contribution in [2.75, 3.05) is 6.61 Å². The van der Waals surface area contributed by atoms with Crippen LogP contribution in [0, 0.1) is 6.92 Å². The Bertz CT molecular complexity index is 1550. The van der Waals surface area contributed by atoms with E-state index in [1.165, 1.54) is 10.9 Å². The topological polar surface area (TPSA) is 91.4 Å². The van der Waals surface area contributed by atoms with Gasteiger partial charge in [0.05, 0.1) is 24.9 Å². The standard InChI is InChI=1S/C26H20N2O5S/c1-16-22-24(34-23(16)26(31)32-12-11-17-7-3-2-4-8-17)27-15-28(25(22)30)14-19(29)21-13-18-9-5-6-10-20(18)33-21/h2-10,13,15H,11-12,14H2,1H3. The first kappa shape index (κ1) is 21.8. The molecule has 0 saturated heterocycles. The summed E-state index contributed by atoms with van der Waals surface area (Å²) in [7, 11) is 0. The smallest absolute Gasteiger partial charge is 0.348 e. The fourth-order valence-electron chi connectivity index (χ4n) is 3.79. The number of para-hydroxylation sites is 1. The summed E-state index contributed by atoms with van der Waals surface area (Å²) in [4.78, 5) is 43.6. The number of ether oxygens (including phenoxy) is 1. The molecule has 0 amide bonds. The number of aromatic nitrogens is 2. The summed E-state index contributed by atoms with van der Waals surface area (Å²) in [6.45, 7) is 1.72. The maximum Gasteiger partial charge on any atom is 0.348 e. The molecule has 0 atom stereocenters. The van der Waals surface area contributed by atoms with Gasteiger partial charge in [0.25, 0.3) is 5.56 Å². The maximum absolute atomic E-state index is 13.1. The van der Waals surface area contributed by atoms with Gasteiger partial charge < -0.3 is 9.15 Å². The van der Waals surface area contributed by atoms with E-state index in [0.717, 1.165) is 22.3 Å². The van der Waals surface area contributed by atoms with E-state index in [0.29, 0.717) is 32.7 Å². The second-order valence-corrected chi connectivity index (χ2v) is 8.86. The van der Waals surface area contributed by atoms with Crippen molar-refractivity contribution in [3.63, 3.8) is 0 Å². The SMILES string of the molecule is Cc1c(C(=O)OCCc2ccccc2)sc2ncn(CC(=O)c3cc4ccccc4o3)c(=O)c12. The Morgan fingerprint density at radius 1 is 1.09 bits per heavy atom. The van der Waals surface area contributed by atoms with E-state index in [1.54, 1.807) is 19.1 Å². The van der Waals surface area contributed by atoms with E-state index in [9.17, 15) is 14.4 Å². The number of carbonyl (C=O) groups excluding carboxylic acids is 2. The summed E-state index contributed by atoms with van der Waals surface area (Å²) in [6.07, 6.45) is 1.93. The lowest BCUT2D eigenvalue weighted by Crippen LogP contribution is -2.24. The Morgan fingerprint density at radius 3 is 2.65 bits per heavy atom. The maximum atomic E-state index is 13.1. The number of esters is 1. The van der Waals surface area contributed by atoms with Gasteiger partial charge in [-0.25, -0.2) is 9.78 Å². The molecule has 34 heavy (non-hydrogen) atoms. The average molecular weight is 473 g/mol. The number of ketones is 1. The minimum absolute atomic E-state index is 0.179. The van der Waals surface area contributed by atoms with Gasteiger partial charge in [-0.05, 0) is 30.2 Å². The van der Waals surface area contributed by atoms with Crippen molar-refractivity contribution in [2.24, 2.45) is 0 Å². The molecule has 0 saturated carbocycles. The highest BCUT2D eigenvalue weighted by Crippen LogP contribution is 2.27. The fourth-order valence-corrected chi connectivity index (χ4v) is 4.82. The number of hydrogen-bond donors (Lipinski definition) is 0. The molecule has 5 rings (SSSR count). The molecule has 8 heteroatoms. The Balaban J connectivity index is 1.35. The minimum Gasteiger partial charge on any atom is -0.461 e. The van der Waals surface area contributed by atoms with E-state index in [-0.39, 0.29) is 30.3 Å². The summed E-state index contributed by atoms with van der Waals surface area (Å²) in [5.41, 5.74) is 1.80. The van der Waals surface area contributed by atoms with E-state index < -0.39 is 5.97 Å². The van der Waals surface area contributed by atoms with Crippen LogP contribution in [0.3, 0.4) is 0 Å². The molecule has 0 aliphatic carbocycles. The molecule has 3 aromatic heterocycles. The lowest BCUT2D eigenvalue weighted by molar-refractivity contribution is 0.0514. The van der Waals surface area contributed by atoms with E-state index in [2.05, 4.69) is 4.98 Å². The second-order valence-electron chi connectivity index (χ2n) is 7.86. The highest BCUT2D eigenvalue weighted by Gasteiger charge is 2.22. The molecule has 0 aliphatic rings. The van der Waals surface area contributed by atoms with Gasteiger partial charge in [0.15, 0.2) is 5.76 Å². The molecule has 0 fully saturated rings. The van der Waals surface area contributed by atoms with Crippen LogP contribution in [0.4, 0.5) is 0 Å². The lowest BCUT2D eigenvalue weighted by atomic mass is 10.2. The monoisotopic (exact) mass is 472 g/mol. The number of carbonyl (C=O) groups is 2. The van der Waals surface area contributed by atoms with Crippen molar-refractivity contribution >= 4 is 44.3 Å². The number of Topliss-reactive ketones (excluding diaryl/α,β-unsaturated/α-hetero) is 1. The number of nitrogens with zero attached hydrogens (tertiary/aromatic N) is 2. The first-order valence-corrected chi connectivity index (χ1v) is 11.5. The molecule has 5 aromatic rings. The molecule has 0 spiro atoms. The second kappa shape index (κ2) is 9.07. The van der Waals surface area contributed by atoms with Crippen molar-refractivity contribution in [1.82, 2.24) is 9.55 Å². The normalized spacial score (nSPS) is 11.2. The molecule has 0 unspecified atom stereocenters. The zero-order valence-electron chi connectivity index (χ0n) is 18.3. The third kappa shape index (κ3) is 4.15. The number of hydrogen-bond acceptors (Lipinski definition) is 7. The molecule has 3 heterocycles. The Kier molecular flexibility index (Phi) is 5.81. The van der Waals surface area contributed by atoms with Crippen LogP contribution in [-0.4, -0.2) is 27.9 Å². The Hall–Kier alpha value is -4.04. The lowest BCUT2D eigenvalue weighted by Gasteiger charge is -2.04. The Labute approximate surface area is 198 Å². The van der Waals surface area contributed by atoms with Crippen molar-refractivity contribution in [3.8, 4) is 0 Å². The van der Waals surface area contributed by atoms with Crippen molar-refractivity contribution < 1.29 is 18.7 Å². The Morgan fingerprint density at radius 2 is 1.85 bits per heavy atom. The number of furan rings is 1. The summed E-state index contributed by atoms with van der Waals surface area (Å²) < 4.78 is 12.3. The van der Waals surface area contributed by atoms with Crippen LogP contribution in [-0.2, 0) is 17.7 Å². The number of thiophene rings is 1. The molecular weight excluding hydrogens is 452 g/mol. The first-order valence-electron chi connectivity index (χ1n) is 10.7. The number of rotatable bonds is 7. The van der Waals surface area contributed by atoms with Crippen molar-refractivity contribution in [1.29, 1.82) is 0 Å². The predicted molar refractivity (Wildman–Crippen MR) is 130 cm³/mol. The summed E-state index contributed by atoms with van der Waals surface area (Å²) in [5.74, 6) is -0.647. The van der Waals surface area contributed by atoms with Crippen molar-refractivity contribution in [3.05, 3.63) is 99.1 Å². The quantitative estimate of drug-likeness (QED) is 0.250. The van der Waals surface area contributed by atoms with Crippen LogP contribution in [0.25, 0.3) is 21.2 Å². The van der Waals surface area contributed by atoms with Gasteiger partial charge >= 0.3 is 5.97 Å². The molecule has 0 aliphatic heterocycles. The van der Waals surface area contributed by atoms with Crippen LogP contribution < -0.4 is 5.56 Å². The molecule has 0 radical (unpaired) electrons. The summed E-state index contributed by atoms with van der Waals surface area (Å²) in [6, 6.07) is 18.7. The third-order valence-electron chi connectivity index (χ3n) is 5.58. The molecule has 0 N–H and O–H groups in total.